The molecule has 0 amide bonds. The van der Waals surface area contributed by atoms with E-state index < -0.39 is 29.7 Å². The molecule has 0 radical (unpaired) electrons. The van der Waals surface area contributed by atoms with E-state index in [1.54, 1.807) is 0 Å². The van der Waals surface area contributed by atoms with Gasteiger partial charge in [0.25, 0.3) is 0 Å². The first kappa shape index (κ1) is 16.6. The van der Waals surface area contributed by atoms with E-state index >= 15 is 0 Å². The van der Waals surface area contributed by atoms with Crippen molar-refractivity contribution in [3.05, 3.63) is 57.8 Å². The minimum absolute atomic E-state index is 0.108. The van der Waals surface area contributed by atoms with Gasteiger partial charge in [-0.15, -0.1) is 13.2 Å². The molecule has 0 bridgehead atoms. The van der Waals surface area contributed by atoms with Crippen LogP contribution < -0.4 is 10.5 Å². The molecule has 0 fully saturated rings. The lowest BCUT2D eigenvalue weighted by Gasteiger charge is -2.16. The van der Waals surface area contributed by atoms with E-state index in [-0.39, 0.29) is 5.56 Å². The third-order valence-electron chi connectivity index (χ3n) is 2.87. The molecule has 0 aliphatic rings. The zero-order chi connectivity index (χ0) is 16.5. The zero-order valence-electron chi connectivity index (χ0n) is 10.9. The summed E-state index contributed by atoms with van der Waals surface area (Å²) in [6.07, 6.45) is -4.78. The Labute approximate surface area is 131 Å². The Morgan fingerprint density at radius 3 is 2.27 bits per heavy atom. The lowest BCUT2D eigenvalue weighted by atomic mass is 9.98. The highest BCUT2D eigenvalue weighted by atomic mass is 79.9. The van der Waals surface area contributed by atoms with Crippen LogP contribution in [0.3, 0.4) is 0 Å². The van der Waals surface area contributed by atoms with Crippen LogP contribution in [0.25, 0.3) is 0 Å². The third-order valence-corrected chi connectivity index (χ3v) is 3.32. The summed E-state index contributed by atoms with van der Waals surface area (Å²) in [5.41, 5.74) is 6.42. The van der Waals surface area contributed by atoms with Gasteiger partial charge in [-0.25, -0.2) is 4.39 Å². The number of aromatic hydroxyl groups is 1. The normalized spacial score (nSPS) is 13.0. The second-order valence-corrected chi connectivity index (χ2v) is 5.34. The summed E-state index contributed by atoms with van der Waals surface area (Å²) < 4.78 is 53.9. The van der Waals surface area contributed by atoms with Crippen molar-refractivity contribution in [2.75, 3.05) is 0 Å². The van der Waals surface area contributed by atoms with Crippen LogP contribution in [0.2, 0.25) is 0 Å². The number of benzene rings is 2. The topological polar surface area (TPSA) is 55.5 Å². The largest absolute Gasteiger partial charge is 0.573 e. The van der Waals surface area contributed by atoms with E-state index in [0.717, 1.165) is 18.2 Å². The Morgan fingerprint density at radius 1 is 1.14 bits per heavy atom. The maximum atomic E-state index is 13.5. The quantitative estimate of drug-likeness (QED) is 0.784. The number of phenols is 1. The second kappa shape index (κ2) is 6.13. The number of ether oxygens (including phenoxy) is 1. The maximum Gasteiger partial charge on any atom is 0.573 e. The van der Waals surface area contributed by atoms with Crippen molar-refractivity contribution in [1.29, 1.82) is 0 Å². The van der Waals surface area contributed by atoms with Gasteiger partial charge in [0.05, 0.1) is 6.04 Å². The highest BCUT2D eigenvalue weighted by Gasteiger charge is 2.31. The number of nitrogens with two attached hydrogens (primary N) is 1. The molecule has 2 rings (SSSR count). The number of alkyl halides is 3. The first-order valence-corrected chi connectivity index (χ1v) is 6.76. The van der Waals surface area contributed by atoms with E-state index in [9.17, 15) is 22.7 Å². The van der Waals surface area contributed by atoms with Gasteiger partial charge in [-0.05, 0) is 29.8 Å². The molecule has 0 heterocycles. The predicted molar refractivity (Wildman–Crippen MR) is 74.9 cm³/mol. The van der Waals surface area contributed by atoms with Crippen LogP contribution in [0.5, 0.6) is 11.5 Å². The molecule has 0 saturated heterocycles. The SMILES string of the molecule is N[C@@H](c1ccc(OC(F)(F)F)cc1)c1cc(Br)cc(F)c1O. The number of rotatable bonds is 3. The molecule has 2 aromatic rings. The fourth-order valence-electron chi connectivity index (χ4n) is 1.88. The third kappa shape index (κ3) is 3.89. The molecule has 0 aromatic heterocycles. The summed E-state index contributed by atoms with van der Waals surface area (Å²) in [6, 6.07) is 6.40. The molecule has 0 spiro atoms. The molecule has 3 nitrogen and oxygen atoms in total. The Morgan fingerprint density at radius 2 is 1.73 bits per heavy atom. The van der Waals surface area contributed by atoms with Crippen LogP contribution in [0.4, 0.5) is 17.6 Å². The lowest BCUT2D eigenvalue weighted by Crippen LogP contribution is -2.17. The van der Waals surface area contributed by atoms with Crippen LogP contribution in [0.15, 0.2) is 40.9 Å². The molecular formula is C14H10BrF4NO2. The highest BCUT2D eigenvalue weighted by Crippen LogP contribution is 2.33. The summed E-state index contributed by atoms with van der Waals surface area (Å²) in [6.45, 7) is 0. The first-order chi connectivity index (χ1) is 10.2. The molecule has 2 aromatic carbocycles. The van der Waals surface area contributed by atoms with Crippen molar-refractivity contribution in [2.24, 2.45) is 5.73 Å². The first-order valence-electron chi connectivity index (χ1n) is 5.96. The fraction of sp³-hybridized carbons (Fsp3) is 0.143. The maximum absolute atomic E-state index is 13.5. The van der Waals surface area contributed by atoms with Gasteiger partial charge < -0.3 is 15.6 Å². The lowest BCUT2D eigenvalue weighted by molar-refractivity contribution is -0.274. The van der Waals surface area contributed by atoms with E-state index in [1.807, 2.05) is 0 Å². The van der Waals surface area contributed by atoms with Crippen LogP contribution in [-0.4, -0.2) is 11.5 Å². The molecule has 118 valence electrons. The Hall–Kier alpha value is -1.80. The van der Waals surface area contributed by atoms with Crippen molar-refractivity contribution in [2.45, 2.75) is 12.4 Å². The number of phenolic OH excluding ortho intramolecular Hbond substituents is 1. The molecule has 0 saturated carbocycles. The minimum atomic E-state index is -4.78. The molecule has 3 N–H and O–H groups in total. The van der Waals surface area contributed by atoms with E-state index in [1.165, 1.54) is 18.2 Å². The van der Waals surface area contributed by atoms with Gasteiger partial charge in [-0.1, -0.05) is 28.1 Å². The van der Waals surface area contributed by atoms with Crippen LogP contribution in [-0.2, 0) is 0 Å². The molecule has 1 atom stereocenters. The molecule has 0 aliphatic heterocycles. The number of hydrogen-bond donors (Lipinski definition) is 2. The zero-order valence-corrected chi connectivity index (χ0v) is 12.5. The van der Waals surface area contributed by atoms with E-state index in [4.69, 9.17) is 5.73 Å². The summed E-state index contributed by atoms with van der Waals surface area (Å²) in [4.78, 5) is 0. The average molecular weight is 380 g/mol. The molecular weight excluding hydrogens is 370 g/mol. The molecule has 22 heavy (non-hydrogen) atoms. The van der Waals surface area contributed by atoms with Gasteiger partial charge in [-0.3, -0.25) is 0 Å². The van der Waals surface area contributed by atoms with Crippen LogP contribution >= 0.6 is 15.9 Å². The number of halogens is 5. The van der Waals surface area contributed by atoms with Crippen LogP contribution in [0, 0.1) is 5.82 Å². The van der Waals surface area contributed by atoms with Crippen molar-refractivity contribution >= 4 is 15.9 Å². The summed E-state index contributed by atoms with van der Waals surface area (Å²) in [7, 11) is 0. The van der Waals surface area contributed by atoms with E-state index in [0.29, 0.717) is 10.0 Å². The molecule has 0 aliphatic carbocycles. The second-order valence-electron chi connectivity index (χ2n) is 4.42. The average Bonchev–Trinajstić information content (AvgIpc) is 2.41. The predicted octanol–water partition coefficient (Wildman–Crippen LogP) is 4.24. The summed E-state index contributed by atoms with van der Waals surface area (Å²) >= 11 is 3.08. The molecule has 8 heteroatoms. The monoisotopic (exact) mass is 379 g/mol. The van der Waals surface area contributed by atoms with E-state index in [2.05, 4.69) is 20.7 Å². The summed E-state index contributed by atoms with van der Waals surface area (Å²) in [5, 5.41) is 9.71. The van der Waals surface area contributed by atoms with Gasteiger partial charge in [-0.2, -0.15) is 0 Å². The fourth-order valence-corrected chi connectivity index (χ4v) is 2.33. The Balaban J connectivity index is 2.29. The highest BCUT2D eigenvalue weighted by molar-refractivity contribution is 9.10. The van der Waals surface area contributed by atoms with Crippen molar-refractivity contribution in [3.63, 3.8) is 0 Å². The van der Waals surface area contributed by atoms with Crippen molar-refractivity contribution in [3.8, 4) is 11.5 Å². The van der Waals surface area contributed by atoms with Gasteiger partial charge >= 0.3 is 6.36 Å². The Kier molecular flexibility index (Phi) is 4.62. The van der Waals surface area contributed by atoms with Gasteiger partial charge in [0.2, 0.25) is 0 Å². The van der Waals surface area contributed by atoms with Gasteiger partial charge in [0, 0.05) is 10.0 Å². The summed E-state index contributed by atoms with van der Waals surface area (Å²) in [5.74, 6) is -1.85. The van der Waals surface area contributed by atoms with Crippen molar-refractivity contribution < 1.29 is 27.4 Å². The molecule has 0 unspecified atom stereocenters. The standard InChI is InChI=1S/C14H10BrF4NO2/c15-8-5-10(13(21)11(16)6-8)12(20)7-1-3-9(4-2-7)22-14(17,18)19/h1-6,12,21H,20H2/t12-/m0/s1. The number of hydrogen-bond acceptors (Lipinski definition) is 3. The van der Waals surface area contributed by atoms with Crippen LogP contribution in [0.1, 0.15) is 17.2 Å². The van der Waals surface area contributed by atoms with Gasteiger partial charge in [0.15, 0.2) is 11.6 Å². The smallest absolute Gasteiger partial charge is 0.505 e. The van der Waals surface area contributed by atoms with Crippen molar-refractivity contribution in [1.82, 2.24) is 0 Å². The Bertz CT molecular complexity index is 674. The minimum Gasteiger partial charge on any atom is -0.505 e. The van der Waals surface area contributed by atoms with Gasteiger partial charge in [0.1, 0.15) is 5.75 Å².